The third-order valence-electron chi connectivity index (χ3n) is 4.69. The maximum atomic E-state index is 12.6. The van der Waals surface area contributed by atoms with Crippen molar-refractivity contribution in [2.75, 3.05) is 24.7 Å². The highest BCUT2D eigenvalue weighted by Gasteiger charge is 2.40. The number of nitrogens with zero attached hydrogens (tertiary/aromatic N) is 2. The van der Waals surface area contributed by atoms with Crippen LogP contribution >= 0.6 is 11.8 Å². The maximum Gasteiger partial charge on any atom is 0.246 e. The maximum absolute atomic E-state index is 12.6. The molecule has 2 N–H and O–H groups in total. The van der Waals surface area contributed by atoms with Crippen molar-refractivity contribution < 1.29 is 9.59 Å². The van der Waals surface area contributed by atoms with E-state index < -0.39 is 0 Å². The van der Waals surface area contributed by atoms with Crippen LogP contribution in [0.25, 0.3) is 0 Å². The van der Waals surface area contributed by atoms with Crippen molar-refractivity contribution in [1.29, 1.82) is 0 Å². The second kappa shape index (κ2) is 5.93. The molecular formula is C14H23N3O2S. The summed E-state index contributed by atoms with van der Waals surface area (Å²) in [5, 5.41) is 0. The van der Waals surface area contributed by atoms with Gasteiger partial charge in [-0.3, -0.25) is 9.59 Å². The van der Waals surface area contributed by atoms with Crippen LogP contribution in [-0.4, -0.2) is 58.4 Å². The largest absolute Gasteiger partial charge is 0.339 e. The molecule has 20 heavy (non-hydrogen) atoms. The molecule has 6 heteroatoms. The normalized spacial score (nSPS) is 31.2. The summed E-state index contributed by atoms with van der Waals surface area (Å²) >= 11 is 1.69. The molecule has 112 valence electrons. The van der Waals surface area contributed by atoms with Crippen LogP contribution in [0, 0.1) is 5.92 Å². The molecule has 5 nitrogen and oxygen atoms in total. The van der Waals surface area contributed by atoms with Gasteiger partial charge in [-0.05, 0) is 19.3 Å². The van der Waals surface area contributed by atoms with E-state index in [4.69, 9.17) is 5.73 Å². The van der Waals surface area contributed by atoms with E-state index in [2.05, 4.69) is 0 Å². The third-order valence-corrected chi connectivity index (χ3v) is 5.70. The molecule has 0 spiro atoms. The van der Waals surface area contributed by atoms with Gasteiger partial charge in [0, 0.05) is 30.8 Å². The topological polar surface area (TPSA) is 66.6 Å². The number of hydrogen-bond donors (Lipinski definition) is 1. The van der Waals surface area contributed by atoms with Gasteiger partial charge in [0.1, 0.15) is 6.04 Å². The van der Waals surface area contributed by atoms with Gasteiger partial charge in [0.25, 0.3) is 0 Å². The molecule has 0 aromatic rings. The van der Waals surface area contributed by atoms with E-state index in [0.717, 1.165) is 44.4 Å². The van der Waals surface area contributed by atoms with Crippen LogP contribution < -0.4 is 5.73 Å². The molecule has 2 heterocycles. The van der Waals surface area contributed by atoms with E-state index in [1.54, 1.807) is 11.8 Å². The first kappa shape index (κ1) is 14.2. The summed E-state index contributed by atoms with van der Waals surface area (Å²) < 4.78 is 0. The van der Waals surface area contributed by atoms with E-state index in [1.807, 2.05) is 9.80 Å². The van der Waals surface area contributed by atoms with Gasteiger partial charge in [-0.25, -0.2) is 0 Å². The standard InChI is InChI=1S/C14H23N3O2S/c15-11-5-6-16(7-11)14(19)12-8-20-9-17(12)13(18)10-3-1-2-4-10/h10-12H,1-9,15H2/t11-,12?/m1/s1. The van der Waals surface area contributed by atoms with Crippen molar-refractivity contribution in [3.8, 4) is 0 Å². The molecule has 0 radical (unpaired) electrons. The van der Waals surface area contributed by atoms with Crippen molar-refractivity contribution in [2.24, 2.45) is 11.7 Å². The SMILES string of the molecule is N[C@@H]1CCN(C(=O)C2CSCN2C(=O)C2CCCC2)C1. The Morgan fingerprint density at radius 1 is 1.10 bits per heavy atom. The number of rotatable bonds is 2. The van der Waals surface area contributed by atoms with Gasteiger partial charge < -0.3 is 15.5 Å². The predicted octanol–water partition coefficient (Wildman–Crippen LogP) is 0.638. The molecule has 2 aliphatic heterocycles. The summed E-state index contributed by atoms with van der Waals surface area (Å²) in [5.41, 5.74) is 5.88. The van der Waals surface area contributed by atoms with Crippen LogP contribution in [0.5, 0.6) is 0 Å². The molecule has 2 atom stereocenters. The predicted molar refractivity (Wildman–Crippen MR) is 79.1 cm³/mol. The number of likely N-dealkylation sites (tertiary alicyclic amines) is 1. The number of thioether (sulfide) groups is 1. The summed E-state index contributed by atoms with van der Waals surface area (Å²) in [7, 11) is 0. The fourth-order valence-electron chi connectivity index (χ4n) is 3.47. The third kappa shape index (κ3) is 2.68. The Morgan fingerprint density at radius 3 is 2.50 bits per heavy atom. The molecule has 0 aromatic carbocycles. The van der Waals surface area contributed by atoms with Crippen molar-refractivity contribution in [3.05, 3.63) is 0 Å². The monoisotopic (exact) mass is 297 g/mol. The number of amides is 2. The molecular weight excluding hydrogens is 274 g/mol. The second-order valence-corrected chi connectivity index (χ2v) is 7.14. The van der Waals surface area contributed by atoms with Crippen LogP contribution in [0.15, 0.2) is 0 Å². The summed E-state index contributed by atoms with van der Waals surface area (Å²) in [6.45, 7) is 1.39. The molecule has 3 fully saturated rings. The first-order valence-electron chi connectivity index (χ1n) is 7.59. The Morgan fingerprint density at radius 2 is 1.85 bits per heavy atom. The Labute approximate surface area is 124 Å². The molecule has 1 saturated carbocycles. The Kier molecular flexibility index (Phi) is 4.21. The molecule has 2 saturated heterocycles. The summed E-state index contributed by atoms with van der Waals surface area (Å²) in [5.74, 6) is 1.88. The molecule has 3 rings (SSSR count). The minimum absolute atomic E-state index is 0.104. The Hall–Kier alpha value is -0.750. The van der Waals surface area contributed by atoms with Gasteiger partial charge >= 0.3 is 0 Å². The van der Waals surface area contributed by atoms with Crippen molar-refractivity contribution >= 4 is 23.6 Å². The van der Waals surface area contributed by atoms with E-state index in [1.165, 1.54) is 0 Å². The lowest BCUT2D eigenvalue weighted by atomic mass is 10.1. The summed E-state index contributed by atoms with van der Waals surface area (Å²) in [6, 6.07) is -0.148. The summed E-state index contributed by atoms with van der Waals surface area (Å²) in [6.07, 6.45) is 5.17. The number of nitrogens with two attached hydrogens (primary N) is 1. The van der Waals surface area contributed by atoms with E-state index in [0.29, 0.717) is 12.4 Å². The van der Waals surface area contributed by atoms with Gasteiger partial charge in [-0.1, -0.05) is 12.8 Å². The molecule has 0 aromatic heterocycles. The first-order chi connectivity index (χ1) is 9.66. The smallest absolute Gasteiger partial charge is 0.246 e. The molecule has 3 aliphatic rings. The van der Waals surface area contributed by atoms with Crippen LogP contribution in [-0.2, 0) is 9.59 Å². The average Bonchev–Trinajstić information content (AvgIpc) is 3.18. The highest BCUT2D eigenvalue weighted by atomic mass is 32.2. The lowest BCUT2D eigenvalue weighted by molar-refractivity contribution is -0.145. The van der Waals surface area contributed by atoms with E-state index in [-0.39, 0.29) is 29.8 Å². The fraction of sp³-hybridized carbons (Fsp3) is 0.857. The van der Waals surface area contributed by atoms with Crippen molar-refractivity contribution in [1.82, 2.24) is 9.80 Å². The second-order valence-electron chi connectivity index (χ2n) is 6.14. The van der Waals surface area contributed by atoms with Gasteiger partial charge in [0.2, 0.25) is 11.8 Å². The first-order valence-corrected chi connectivity index (χ1v) is 8.75. The van der Waals surface area contributed by atoms with E-state index >= 15 is 0 Å². The zero-order valence-electron chi connectivity index (χ0n) is 11.8. The lowest BCUT2D eigenvalue weighted by Crippen LogP contribution is -2.50. The number of hydrogen-bond acceptors (Lipinski definition) is 4. The van der Waals surface area contributed by atoms with Gasteiger partial charge in [-0.2, -0.15) is 0 Å². The number of carbonyl (C=O) groups excluding carboxylic acids is 2. The highest BCUT2D eigenvalue weighted by Crippen LogP contribution is 2.31. The van der Waals surface area contributed by atoms with Crippen LogP contribution in [0.4, 0.5) is 0 Å². The Balaban J connectivity index is 1.65. The molecule has 1 unspecified atom stereocenters. The van der Waals surface area contributed by atoms with Crippen LogP contribution in [0.1, 0.15) is 32.1 Å². The van der Waals surface area contributed by atoms with Gasteiger partial charge in [0.05, 0.1) is 5.88 Å². The molecule has 1 aliphatic carbocycles. The highest BCUT2D eigenvalue weighted by molar-refractivity contribution is 7.99. The minimum Gasteiger partial charge on any atom is -0.339 e. The van der Waals surface area contributed by atoms with Gasteiger partial charge in [0.15, 0.2) is 0 Å². The average molecular weight is 297 g/mol. The summed E-state index contributed by atoms with van der Waals surface area (Å²) in [4.78, 5) is 28.8. The minimum atomic E-state index is -0.251. The number of carbonyl (C=O) groups is 2. The van der Waals surface area contributed by atoms with Crippen molar-refractivity contribution in [2.45, 2.75) is 44.2 Å². The molecule has 2 amide bonds. The zero-order valence-corrected chi connectivity index (χ0v) is 12.6. The van der Waals surface area contributed by atoms with Crippen molar-refractivity contribution in [3.63, 3.8) is 0 Å². The van der Waals surface area contributed by atoms with E-state index in [9.17, 15) is 9.59 Å². The van der Waals surface area contributed by atoms with Gasteiger partial charge in [-0.15, -0.1) is 11.8 Å². The molecule has 0 bridgehead atoms. The Bertz CT molecular complexity index is 398. The van der Waals surface area contributed by atoms with Crippen LogP contribution in [0.2, 0.25) is 0 Å². The quantitative estimate of drug-likeness (QED) is 0.812. The lowest BCUT2D eigenvalue weighted by Gasteiger charge is -2.29. The fourth-order valence-corrected chi connectivity index (χ4v) is 4.63. The zero-order chi connectivity index (χ0) is 14.1. The van der Waals surface area contributed by atoms with Crippen LogP contribution in [0.3, 0.4) is 0 Å².